The second-order valence-electron chi connectivity index (χ2n) is 4.78. The summed E-state index contributed by atoms with van der Waals surface area (Å²) in [4.78, 5) is 8.82. The normalized spacial score (nSPS) is 12.0. The molecule has 0 amide bonds. The molecule has 3 aromatic rings. The average molecular weight is 311 g/mol. The Morgan fingerprint density at radius 2 is 2.00 bits per heavy atom. The zero-order valence-electron chi connectivity index (χ0n) is 12.3. The number of rotatable bonds is 6. The lowest BCUT2D eigenvalue weighted by atomic mass is 10.1. The molecule has 0 spiro atoms. The van der Waals surface area contributed by atoms with Gasteiger partial charge in [-0.2, -0.15) is 0 Å². The fourth-order valence-electron chi connectivity index (χ4n) is 2.26. The molecule has 5 heteroatoms. The molecule has 112 valence electrons. The molecule has 0 fully saturated rings. The van der Waals surface area contributed by atoms with E-state index >= 15 is 0 Å². The van der Waals surface area contributed by atoms with Crippen molar-refractivity contribution in [1.29, 1.82) is 0 Å². The van der Waals surface area contributed by atoms with Crippen molar-refractivity contribution in [2.24, 2.45) is 0 Å². The van der Waals surface area contributed by atoms with Gasteiger partial charge < -0.3 is 4.74 Å². The van der Waals surface area contributed by atoms with Crippen molar-refractivity contribution in [3.05, 3.63) is 76.5 Å². The van der Waals surface area contributed by atoms with Gasteiger partial charge in [-0.25, -0.2) is 4.98 Å². The second-order valence-corrected chi connectivity index (χ2v) is 5.71. The maximum absolute atomic E-state index is 5.24. The number of aromatic nitrogens is 2. The first kappa shape index (κ1) is 14.7. The van der Waals surface area contributed by atoms with E-state index in [1.54, 1.807) is 24.6 Å². The third-order valence-electron chi connectivity index (χ3n) is 3.34. The number of thiazole rings is 1. The molecule has 0 saturated carbocycles. The van der Waals surface area contributed by atoms with Crippen molar-refractivity contribution in [2.75, 3.05) is 7.11 Å². The van der Waals surface area contributed by atoms with Crippen LogP contribution in [0, 0.1) is 0 Å². The van der Waals surface area contributed by atoms with E-state index in [2.05, 4.69) is 27.4 Å². The van der Waals surface area contributed by atoms with Gasteiger partial charge in [0.25, 0.3) is 0 Å². The minimum atomic E-state index is 0.0641. The predicted octanol–water partition coefficient (Wildman–Crippen LogP) is 3.43. The maximum atomic E-state index is 5.24. The highest BCUT2D eigenvalue weighted by atomic mass is 32.1. The molecule has 0 aliphatic rings. The highest BCUT2D eigenvalue weighted by molar-refractivity contribution is 7.09. The molecule has 4 nitrogen and oxygen atoms in total. The Kier molecular flexibility index (Phi) is 4.78. The Morgan fingerprint density at radius 3 is 2.73 bits per heavy atom. The van der Waals surface area contributed by atoms with Crippen LogP contribution in [0.2, 0.25) is 0 Å². The summed E-state index contributed by atoms with van der Waals surface area (Å²) in [5.74, 6) is 0.817. The first-order valence-corrected chi connectivity index (χ1v) is 7.91. The van der Waals surface area contributed by atoms with Crippen LogP contribution >= 0.6 is 11.3 Å². The van der Waals surface area contributed by atoms with Crippen LogP contribution in [0.1, 0.15) is 22.3 Å². The molecule has 0 unspecified atom stereocenters. The number of ether oxygens (including phenoxy) is 1. The molecule has 0 aliphatic heterocycles. The molecule has 1 N–H and O–H groups in total. The first-order valence-electron chi connectivity index (χ1n) is 7.03. The molecule has 1 aromatic carbocycles. The van der Waals surface area contributed by atoms with Crippen molar-refractivity contribution < 1.29 is 4.74 Å². The summed E-state index contributed by atoms with van der Waals surface area (Å²) < 4.78 is 5.24. The van der Waals surface area contributed by atoms with Crippen LogP contribution in [0.25, 0.3) is 0 Å². The molecular formula is C17H17N3OS. The van der Waals surface area contributed by atoms with Gasteiger partial charge in [-0.05, 0) is 11.6 Å². The molecular weight excluding hydrogens is 294 g/mol. The number of nitrogens with one attached hydrogen (secondary N) is 1. The zero-order chi connectivity index (χ0) is 15.2. The highest BCUT2D eigenvalue weighted by Crippen LogP contribution is 2.24. The minimum absolute atomic E-state index is 0.0641. The molecule has 1 atom stereocenters. The van der Waals surface area contributed by atoms with E-state index in [1.807, 2.05) is 41.9 Å². The first-order chi connectivity index (χ1) is 10.9. The topological polar surface area (TPSA) is 47.0 Å². The van der Waals surface area contributed by atoms with E-state index in [0.29, 0.717) is 6.54 Å². The van der Waals surface area contributed by atoms with Crippen LogP contribution in [-0.4, -0.2) is 17.1 Å². The number of nitrogens with zero attached hydrogens (tertiary/aromatic N) is 2. The fourth-order valence-corrected chi connectivity index (χ4v) is 2.99. The van der Waals surface area contributed by atoms with Crippen LogP contribution in [0.15, 0.2) is 60.2 Å². The van der Waals surface area contributed by atoms with Gasteiger partial charge in [-0.1, -0.05) is 30.3 Å². The third kappa shape index (κ3) is 3.50. The lowest BCUT2D eigenvalue weighted by Gasteiger charge is -2.17. The van der Waals surface area contributed by atoms with Gasteiger partial charge in [-0.3, -0.25) is 10.3 Å². The molecule has 2 heterocycles. The van der Waals surface area contributed by atoms with Gasteiger partial charge in [-0.15, -0.1) is 11.3 Å². The summed E-state index contributed by atoms with van der Waals surface area (Å²) in [6.07, 6.45) is 3.60. The summed E-state index contributed by atoms with van der Waals surface area (Å²) in [5.41, 5.74) is 2.14. The predicted molar refractivity (Wildman–Crippen MR) is 88.0 cm³/mol. The van der Waals surface area contributed by atoms with Crippen molar-refractivity contribution >= 4 is 11.3 Å². The molecule has 0 bridgehead atoms. The molecule has 2 aromatic heterocycles. The van der Waals surface area contributed by atoms with Gasteiger partial charge in [0.05, 0.1) is 18.8 Å². The smallest absolute Gasteiger partial charge is 0.122 e. The molecule has 3 rings (SSSR count). The Hall–Kier alpha value is -2.24. The van der Waals surface area contributed by atoms with Gasteiger partial charge in [0.15, 0.2) is 0 Å². The Bertz CT molecular complexity index is 701. The minimum Gasteiger partial charge on any atom is -0.497 e. The van der Waals surface area contributed by atoms with Gasteiger partial charge in [0.2, 0.25) is 0 Å². The van der Waals surface area contributed by atoms with Crippen LogP contribution in [0.3, 0.4) is 0 Å². The summed E-state index contributed by atoms with van der Waals surface area (Å²) in [6, 6.07) is 14.2. The highest BCUT2D eigenvalue weighted by Gasteiger charge is 2.16. The van der Waals surface area contributed by atoms with Crippen LogP contribution in [-0.2, 0) is 6.54 Å². The SMILES string of the molecule is COc1ccnc(CN[C@H](c2ccccc2)c2nccs2)c1. The van der Waals surface area contributed by atoms with Gasteiger partial charge in [0, 0.05) is 30.4 Å². The summed E-state index contributed by atoms with van der Waals surface area (Å²) >= 11 is 1.65. The largest absolute Gasteiger partial charge is 0.497 e. The average Bonchev–Trinajstić information content (AvgIpc) is 3.10. The van der Waals surface area contributed by atoms with E-state index < -0.39 is 0 Å². The van der Waals surface area contributed by atoms with Crippen LogP contribution < -0.4 is 10.1 Å². The Morgan fingerprint density at radius 1 is 1.14 bits per heavy atom. The van der Waals surface area contributed by atoms with Crippen LogP contribution in [0.4, 0.5) is 0 Å². The quantitative estimate of drug-likeness (QED) is 0.757. The lowest BCUT2D eigenvalue weighted by Crippen LogP contribution is -2.22. The van der Waals surface area contributed by atoms with E-state index in [1.165, 1.54) is 5.56 Å². The van der Waals surface area contributed by atoms with Crippen molar-refractivity contribution in [3.8, 4) is 5.75 Å². The number of benzene rings is 1. The Labute approximate surface area is 133 Å². The molecule has 0 radical (unpaired) electrons. The third-order valence-corrected chi connectivity index (χ3v) is 4.18. The number of hydrogen-bond acceptors (Lipinski definition) is 5. The monoisotopic (exact) mass is 311 g/mol. The summed E-state index contributed by atoms with van der Waals surface area (Å²) in [5, 5.41) is 6.58. The van der Waals surface area contributed by atoms with Crippen molar-refractivity contribution in [3.63, 3.8) is 0 Å². The summed E-state index contributed by atoms with van der Waals surface area (Å²) in [6.45, 7) is 0.649. The molecule has 0 aliphatic carbocycles. The number of pyridine rings is 1. The molecule has 22 heavy (non-hydrogen) atoms. The van der Waals surface area contributed by atoms with Crippen molar-refractivity contribution in [2.45, 2.75) is 12.6 Å². The standard InChI is InChI=1S/C17H17N3OS/c1-21-15-7-8-18-14(11-15)12-20-16(17-19-9-10-22-17)13-5-3-2-4-6-13/h2-11,16,20H,12H2,1H3/t16-/m1/s1. The van der Waals surface area contributed by atoms with Gasteiger partial charge in [0.1, 0.15) is 10.8 Å². The Balaban J connectivity index is 1.79. The summed E-state index contributed by atoms with van der Waals surface area (Å²) in [7, 11) is 1.66. The lowest BCUT2D eigenvalue weighted by molar-refractivity contribution is 0.413. The van der Waals surface area contributed by atoms with E-state index in [4.69, 9.17) is 4.74 Å². The van der Waals surface area contributed by atoms with E-state index in [-0.39, 0.29) is 6.04 Å². The van der Waals surface area contributed by atoms with Crippen LogP contribution in [0.5, 0.6) is 5.75 Å². The molecule has 0 saturated heterocycles. The second kappa shape index (κ2) is 7.15. The van der Waals surface area contributed by atoms with E-state index in [0.717, 1.165) is 16.5 Å². The fraction of sp³-hybridized carbons (Fsp3) is 0.176. The number of methoxy groups -OCH3 is 1. The maximum Gasteiger partial charge on any atom is 0.122 e. The number of hydrogen-bond donors (Lipinski definition) is 1. The van der Waals surface area contributed by atoms with Gasteiger partial charge >= 0.3 is 0 Å². The van der Waals surface area contributed by atoms with E-state index in [9.17, 15) is 0 Å². The van der Waals surface area contributed by atoms with Crippen molar-refractivity contribution in [1.82, 2.24) is 15.3 Å². The zero-order valence-corrected chi connectivity index (χ0v) is 13.1.